The third-order valence-electron chi connectivity index (χ3n) is 5.39. The van der Waals surface area contributed by atoms with Crippen molar-refractivity contribution in [3.05, 3.63) is 35.2 Å². The van der Waals surface area contributed by atoms with E-state index in [-0.39, 0.29) is 12.1 Å². The average molecular weight is 359 g/mol. The molecular weight excluding hydrogens is 334 g/mol. The Labute approximate surface area is 152 Å². The van der Waals surface area contributed by atoms with Gasteiger partial charge in [-0.25, -0.2) is 0 Å². The highest BCUT2D eigenvalue weighted by molar-refractivity contribution is 7.17. The van der Waals surface area contributed by atoms with Crippen LogP contribution in [0.3, 0.4) is 0 Å². The summed E-state index contributed by atoms with van der Waals surface area (Å²) in [6, 6.07) is 8.62. The molecule has 1 aromatic carbocycles. The van der Waals surface area contributed by atoms with E-state index >= 15 is 0 Å². The molecule has 4 nitrogen and oxygen atoms in total. The molecule has 1 saturated heterocycles. The number of ether oxygens (including phenoxy) is 2. The Balaban J connectivity index is 1.42. The fraction of sp³-hybridized carbons (Fsp3) is 0.550. The van der Waals surface area contributed by atoms with Crippen LogP contribution in [0.5, 0.6) is 0 Å². The van der Waals surface area contributed by atoms with E-state index < -0.39 is 0 Å². The monoisotopic (exact) mass is 359 g/mol. The highest BCUT2D eigenvalue weighted by Gasteiger charge is 2.33. The molecule has 0 radical (unpaired) electrons. The second kappa shape index (κ2) is 7.85. The van der Waals surface area contributed by atoms with Crippen LogP contribution < -0.4 is 0 Å². The summed E-state index contributed by atoms with van der Waals surface area (Å²) in [6.45, 7) is 3.48. The molecule has 0 unspecified atom stereocenters. The highest BCUT2D eigenvalue weighted by Crippen LogP contribution is 2.28. The molecule has 1 aliphatic carbocycles. The lowest BCUT2D eigenvalue weighted by Crippen LogP contribution is -2.51. The Kier molecular flexibility index (Phi) is 5.34. The van der Waals surface area contributed by atoms with E-state index in [9.17, 15) is 4.79 Å². The summed E-state index contributed by atoms with van der Waals surface area (Å²) in [5.41, 5.74) is 1.07. The molecule has 2 fully saturated rings. The first-order chi connectivity index (χ1) is 12.3. The maximum absolute atomic E-state index is 12.6. The molecule has 2 aromatic rings. The van der Waals surface area contributed by atoms with Crippen molar-refractivity contribution in [3.8, 4) is 0 Å². The predicted octanol–water partition coefficient (Wildman–Crippen LogP) is 3.63. The molecule has 4 rings (SSSR count). The number of rotatable bonds is 4. The lowest BCUT2D eigenvalue weighted by Gasteiger charge is -2.41. The van der Waals surface area contributed by atoms with Crippen LogP contribution in [0.15, 0.2) is 29.6 Å². The Morgan fingerprint density at radius 1 is 1.20 bits per heavy atom. The number of esters is 1. The molecule has 0 spiro atoms. The SMILES string of the molecule is O=C(Cc1cccc2sccc12)O[C@@H]1CCCC[C@H]1N1CCOCC1. The van der Waals surface area contributed by atoms with Crippen LogP contribution in [-0.2, 0) is 20.7 Å². The van der Waals surface area contributed by atoms with Crippen LogP contribution in [0.4, 0.5) is 0 Å². The molecule has 0 amide bonds. The van der Waals surface area contributed by atoms with Gasteiger partial charge < -0.3 is 9.47 Å². The Morgan fingerprint density at radius 3 is 2.92 bits per heavy atom. The molecule has 1 aromatic heterocycles. The van der Waals surface area contributed by atoms with E-state index in [0.29, 0.717) is 12.5 Å². The van der Waals surface area contributed by atoms with Crippen molar-refractivity contribution in [2.45, 2.75) is 44.2 Å². The highest BCUT2D eigenvalue weighted by atomic mass is 32.1. The van der Waals surface area contributed by atoms with Crippen LogP contribution in [0.2, 0.25) is 0 Å². The summed E-state index contributed by atoms with van der Waals surface area (Å²) >= 11 is 1.71. The molecule has 1 aliphatic heterocycles. The standard InChI is InChI=1S/C20H25NO3S/c22-20(14-15-4-3-7-19-16(15)8-13-25-19)24-18-6-2-1-5-17(18)21-9-11-23-12-10-21/h3-4,7-8,13,17-18H,1-2,5-6,9-12,14H2/t17-,18-/m1/s1. The fourth-order valence-electron chi connectivity index (χ4n) is 4.12. The van der Waals surface area contributed by atoms with E-state index in [4.69, 9.17) is 9.47 Å². The van der Waals surface area contributed by atoms with Crippen molar-refractivity contribution >= 4 is 27.4 Å². The van der Waals surface area contributed by atoms with Crippen molar-refractivity contribution in [3.63, 3.8) is 0 Å². The molecule has 2 aliphatic rings. The summed E-state index contributed by atoms with van der Waals surface area (Å²) in [5, 5.41) is 3.26. The molecule has 134 valence electrons. The minimum Gasteiger partial charge on any atom is -0.460 e. The van der Waals surface area contributed by atoms with Gasteiger partial charge in [-0.3, -0.25) is 9.69 Å². The Hall–Kier alpha value is -1.43. The number of hydrogen-bond donors (Lipinski definition) is 0. The number of carbonyl (C=O) groups excluding carboxylic acids is 1. The van der Waals surface area contributed by atoms with Gasteiger partial charge >= 0.3 is 5.97 Å². The fourth-order valence-corrected chi connectivity index (χ4v) is 4.95. The summed E-state index contributed by atoms with van der Waals surface area (Å²) < 4.78 is 12.7. The van der Waals surface area contributed by atoms with Gasteiger partial charge in [-0.05, 0) is 47.7 Å². The summed E-state index contributed by atoms with van der Waals surface area (Å²) in [4.78, 5) is 15.1. The molecular formula is C20H25NO3S. The largest absolute Gasteiger partial charge is 0.460 e. The maximum Gasteiger partial charge on any atom is 0.310 e. The van der Waals surface area contributed by atoms with Crippen LogP contribution in [0.25, 0.3) is 10.1 Å². The zero-order chi connectivity index (χ0) is 17.1. The zero-order valence-corrected chi connectivity index (χ0v) is 15.3. The minimum atomic E-state index is -0.0936. The first-order valence-corrected chi connectivity index (χ1v) is 10.2. The van der Waals surface area contributed by atoms with Gasteiger partial charge in [-0.2, -0.15) is 0 Å². The van der Waals surface area contributed by atoms with Gasteiger partial charge in [0.15, 0.2) is 0 Å². The lowest BCUT2D eigenvalue weighted by molar-refractivity contribution is -0.155. The molecule has 25 heavy (non-hydrogen) atoms. The smallest absolute Gasteiger partial charge is 0.310 e. The van der Waals surface area contributed by atoms with E-state index in [1.54, 1.807) is 11.3 Å². The number of hydrogen-bond acceptors (Lipinski definition) is 5. The van der Waals surface area contributed by atoms with Crippen molar-refractivity contribution < 1.29 is 14.3 Å². The Bertz CT molecular complexity index is 723. The van der Waals surface area contributed by atoms with Crippen LogP contribution >= 0.6 is 11.3 Å². The van der Waals surface area contributed by atoms with E-state index in [1.807, 2.05) is 12.1 Å². The maximum atomic E-state index is 12.6. The number of nitrogens with zero attached hydrogens (tertiary/aromatic N) is 1. The van der Waals surface area contributed by atoms with Crippen molar-refractivity contribution in [1.82, 2.24) is 4.90 Å². The van der Waals surface area contributed by atoms with Crippen molar-refractivity contribution in [1.29, 1.82) is 0 Å². The zero-order valence-electron chi connectivity index (χ0n) is 14.5. The molecule has 5 heteroatoms. The van der Waals surface area contributed by atoms with E-state index in [2.05, 4.69) is 22.4 Å². The molecule has 0 bridgehead atoms. The Morgan fingerprint density at radius 2 is 2.04 bits per heavy atom. The van der Waals surface area contributed by atoms with Gasteiger partial charge in [0.2, 0.25) is 0 Å². The van der Waals surface area contributed by atoms with Gasteiger partial charge in [-0.15, -0.1) is 11.3 Å². The van der Waals surface area contributed by atoms with E-state index in [0.717, 1.165) is 51.1 Å². The summed E-state index contributed by atoms with van der Waals surface area (Å²) in [7, 11) is 0. The lowest BCUT2D eigenvalue weighted by atomic mass is 9.91. The number of fused-ring (bicyclic) bond motifs is 1. The van der Waals surface area contributed by atoms with Crippen LogP contribution in [0.1, 0.15) is 31.2 Å². The number of carbonyl (C=O) groups is 1. The third-order valence-corrected chi connectivity index (χ3v) is 6.27. The molecule has 1 saturated carbocycles. The van der Waals surface area contributed by atoms with Gasteiger partial charge in [-0.1, -0.05) is 18.6 Å². The summed E-state index contributed by atoms with van der Waals surface area (Å²) in [5.74, 6) is -0.0936. The second-order valence-electron chi connectivity index (χ2n) is 6.95. The van der Waals surface area contributed by atoms with E-state index in [1.165, 1.54) is 16.5 Å². The van der Waals surface area contributed by atoms with Crippen LogP contribution in [-0.4, -0.2) is 49.3 Å². The quantitative estimate of drug-likeness (QED) is 0.782. The molecule has 2 atom stereocenters. The summed E-state index contributed by atoms with van der Waals surface area (Å²) in [6.07, 6.45) is 4.87. The van der Waals surface area contributed by atoms with Crippen molar-refractivity contribution in [2.75, 3.05) is 26.3 Å². The van der Waals surface area contributed by atoms with Crippen molar-refractivity contribution in [2.24, 2.45) is 0 Å². The number of morpholine rings is 1. The first kappa shape index (κ1) is 17.0. The average Bonchev–Trinajstić information content (AvgIpc) is 3.13. The number of thiophene rings is 1. The van der Waals surface area contributed by atoms with Gasteiger partial charge in [0, 0.05) is 23.8 Å². The minimum absolute atomic E-state index is 0.0287. The predicted molar refractivity (Wildman–Crippen MR) is 100 cm³/mol. The van der Waals surface area contributed by atoms with Gasteiger partial charge in [0.05, 0.1) is 19.6 Å². The third kappa shape index (κ3) is 3.89. The first-order valence-electron chi connectivity index (χ1n) is 9.27. The normalized spacial score (nSPS) is 25.1. The molecule has 2 heterocycles. The molecule has 0 N–H and O–H groups in total. The number of benzene rings is 1. The second-order valence-corrected chi connectivity index (χ2v) is 7.90. The van der Waals surface area contributed by atoms with Crippen LogP contribution in [0, 0.1) is 0 Å². The van der Waals surface area contributed by atoms with Gasteiger partial charge in [0.25, 0.3) is 0 Å². The topological polar surface area (TPSA) is 38.8 Å². The van der Waals surface area contributed by atoms with Gasteiger partial charge in [0.1, 0.15) is 6.10 Å².